The summed E-state index contributed by atoms with van der Waals surface area (Å²) in [5.74, 6) is 1.32. The largest absolute Gasteiger partial charge is 0.497 e. The molecule has 1 aromatic heterocycles. The van der Waals surface area contributed by atoms with Crippen molar-refractivity contribution < 1.29 is 19.4 Å². The molecule has 3 N–H and O–H groups in total. The van der Waals surface area contributed by atoms with E-state index < -0.39 is 0 Å². The molecule has 2 heterocycles. The first-order valence-corrected chi connectivity index (χ1v) is 12.9. The Labute approximate surface area is 218 Å². The highest BCUT2D eigenvalue weighted by Crippen LogP contribution is 2.31. The SMILES string of the molecule is COc1cccc(CN(CCCN2CCCC2)C(=O)Nc2ccc(-c3cn[nH]c3)cc2OCCCO)c1. The van der Waals surface area contributed by atoms with E-state index in [1.807, 2.05) is 47.4 Å². The van der Waals surface area contributed by atoms with Crippen LogP contribution in [0, 0.1) is 0 Å². The van der Waals surface area contributed by atoms with E-state index in [9.17, 15) is 9.90 Å². The average molecular weight is 508 g/mol. The van der Waals surface area contributed by atoms with Crippen molar-refractivity contribution >= 4 is 11.7 Å². The number of aliphatic hydroxyl groups is 1. The molecule has 9 nitrogen and oxygen atoms in total. The Kier molecular flexibility index (Phi) is 9.79. The van der Waals surface area contributed by atoms with Gasteiger partial charge in [0.25, 0.3) is 0 Å². The number of urea groups is 1. The fraction of sp³-hybridized carbons (Fsp3) is 0.429. The van der Waals surface area contributed by atoms with E-state index in [2.05, 4.69) is 20.4 Å². The van der Waals surface area contributed by atoms with Crippen molar-refractivity contribution in [2.24, 2.45) is 0 Å². The van der Waals surface area contributed by atoms with Gasteiger partial charge in [0, 0.05) is 37.9 Å². The van der Waals surface area contributed by atoms with Crippen molar-refractivity contribution in [1.29, 1.82) is 0 Å². The second kappa shape index (κ2) is 13.7. The minimum absolute atomic E-state index is 0.0362. The van der Waals surface area contributed by atoms with Gasteiger partial charge in [-0.05, 0) is 74.3 Å². The third-order valence-corrected chi connectivity index (χ3v) is 6.51. The van der Waals surface area contributed by atoms with Gasteiger partial charge in [-0.3, -0.25) is 5.10 Å². The molecule has 1 fully saturated rings. The van der Waals surface area contributed by atoms with Crippen LogP contribution in [0.4, 0.5) is 10.5 Å². The zero-order valence-electron chi connectivity index (χ0n) is 21.5. The van der Waals surface area contributed by atoms with Gasteiger partial charge in [0.2, 0.25) is 0 Å². The third kappa shape index (κ3) is 7.71. The van der Waals surface area contributed by atoms with Gasteiger partial charge in [0.05, 0.1) is 25.6 Å². The molecule has 1 saturated heterocycles. The number of anilines is 1. The Morgan fingerprint density at radius 2 is 2.03 bits per heavy atom. The molecule has 0 atom stereocenters. The standard InChI is InChI=1S/C28H37N5O4/c1-36-25-8-4-7-22(17-25)21-33(14-5-13-32-11-2-3-12-32)28(35)31-26-10-9-23(24-19-29-30-20-24)18-27(26)37-16-6-15-34/h4,7-10,17-20,34H,2-3,5-6,11-16,21H2,1H3,(H,29,30)(H,31,35). The highest BCUT2D eigenvalue weighted by molar-refractivity contribution is 5.91. The first-order chi connectivity index (χ1) is 18.2. The highest BCUT2D eigenvalue weighted by atomic mass is 16.5. The molecule has 3 aromatic rings. The Balaban J connectivity index is 1.50. The summed E-state index contributed by atoms with van der Waals surface area (Å²) in [4.78, 5) is 17.9. The molecule has 0 spiro atoms. The van der Waals surface area contributed by atoms with Gasteiger partial charge in [0.15, 0.2) is 0 Å². The number of nitrogens with zero attached hydrogens (tertiary/aromatic N) is 3. The Morgan fingerprint density at radius 1 is 1.16 bits per heavy atom. The zero-order chi connectivity index (χ0) is 25.9. The molecule has 198 valence electrons. The highest BCUT2D eigenvalue weighted by Gasteiger charge is 2.19. The second-order valence-corrected chi connectivity index (χ2v) is 9.23. The predicted octanol–water partition coefficient (Wildman–Crippen LogP) is 4.37. The fourth-order valence-electron chi connectivity index (χ4n) is 4.51. The van der Waals surface area contributed by atoms with E-state index in [1.165, 1.54) is 12.8 Å². The molecule has 1 aliphatic heterocycles. The molecule has 2 amide bonds. The molecule has 2 aromatic carbocycles. The predicted molar refractivity (Wildman–Crippen MR) is 144 cm³/mol. The topological polar surface area (TPSA) is 103 Å². The molecule has 9 heteroatoms. The van der Waals surface area contributed by atoms with Crippen LogP contribution in [0.15, 0.2) is 54.9 Å². The first kappa shape index (κ1) is 26.5. The minimum atomic E-state index is -0.188. The second-order valence-electron chi connectivity index (χ2n) is 9.23. The number of ether oxygens (including phenoxy) is 2. The number of aromatic nitrogens is 2. The lowest BCUT2D eigenvalue weighted by Crippen LogP contribution is -2.36. The first-order valence-electron chi connectivity index (χ1n) is 12.9. The van der Waals surface area contributed by atoms with E-state index in [0.717, 1.165) is 48.5 Å². The van der Waals surface area contributed by atoms with Crippen LogP contribution in [0.2, 0.25) is 0 Å². The number of amides is 2. The van der Waals surface area contributed by atoms with Crippen LogP contribution in [0.5, 0.6) is 11.5 Å². The van der Waals surface area contributed by atoms with Crippen molar-refractivity contribution in [2.45, 2.75) is 32.2 Å². The molecule has 4 rings (SSSR count). The number of hydrogen-bond donors (Lipinski definition) is 3. The van der Waals surface area contributed by atoms with E-state index in [4.69, 9.17) is 9.47 Å². The van der Waals surface area contributed by atoms with Crippen LogP contribution >= 0.6 is 0 Å². The molecule has 1 aliphatic rings. The van der Waals surface area contributed by atoms with Crippen LogP contribution in [-0.2, 0) is 6.54 Å². The summed E-state index contributed by atoms with van der Waals surface area (Å²) in [5, 5.41) is 19.1. The van der Waals surface area contributed by atoms with Gasteiger partial charge in [-0.2, -0.15) is 5.10 Å². The van der Waals surface area contributed by atoms with E-state index in [1.54, 1.807) is 19.5 Å². The Hall–Kier alpha value is -3.56. The number of carbonyl (C=O) groups excluding carboxylic acids is 1. The smallest absolute Gasteiger partial charge is 0.322 e. The van der Waals surface area contributed by atoms with Gasteiger partial charge in [-0.15, -0.1) is 0 Å². The van der Waals surface area contributed by atoms with E-state index >= 15 is 0 Å². The van der Waals surface area contributed by atoms with Crippen LogP contribution in [0.25, 0.3) is 11.1 Å². The average Bonchev–Trinajstić information content (AvgIpc) is 3.64. The molecule has 0 aliphatic carbocycles. The lowest BCUT2D eigenvalue weighted by Gasteiger charge is -2.25. The number of nitrogens with one attached hydrogen (secondary N) is 2. The molecule has 0 saturated carbocycles. The quantitative estimate of drug-likeness (QED) is 0.297. The summed E-state index contributed by atoms with van der Waals surface area (Å²) in [6.07, 6.45) is 7.45. The normalized spacial score (nSPS) is 13.5. The number of hydrogen-bond acceptors (Lipinski definition) is 6. The minimum Gasteiger partial charge on any atom is -0.497 e. The Bertz CT molecular complexity index is 1120. The maximum atomic E-state index is 13.6. The molecule has 0 radical (unpaired) electrons. The van der Waals surface area contributed by atoms with Crippen molar-refractivity contribution in [3.8, 4) is 22.6 Å². The summed E-state index contributed by atoms with van der Waals surface area (Å²) in [5.41, 5.74) is 3.44. The van der Waals surface area contributed by atoms with Crippen LogP contribution in [0.1, 0.15) is 31.2 Å². The number of benzene rings is 2. The van der Waals surface area contributed by atoms with Crippen LogP contribution in [-0.4, -0.2) is 77.6 Å². The summed E-state index contributed by atoms with van der Waals surface area (Å²) in [7, 11) is 1.64. The molecule has 0 unspecified atom stereocenters. The van der Waals surface area contributed by atoms with Crippen molar-refractivity contribution in [1.82, 2.24) is 20.0 Å². The molecule has 37 heavy (non-hydrogen) atoms. The van der Waals surface area contributed by atoms with E-state index in [-0.39, 0.29) is 12.6 Å². The van der Waals surface area contributed by atoms with Gasteiger partial charge in [-0.25, -0.2) is 4.79 Å². The van der Waals surface area contributed by atoms with Crippen LogP contribution in [0.3, 0.4) is 0 Å². The summed E-state index contributed by atoms with van der Waals surface area (Å²) in [6, 6.07) is 13.3. The maximum Gasteiger partial charge on any atom is 0.322 e. The number of H-pyrrole nitrogens is 1. The molecular weight excluding hydrogens is 470 g/mol. The van der Waals surface area contributed by atoms with Gasteiger partial charge in [-0.1, -0.05) is 18.2 Å². The number of likely N-dealkylation sites (tertiary alicyclic amines) is 1. The monoisotopic (exact) mass is 507 g/mol. The number of carbonyl (C=O) groups is 1. The number of aromatic amines is 1. The Morgan fingerprint density at radius 3 is 2.78 bits per heavy atom. The zero-order valence-corrected chi connectivity index (χ0v) is 21.5. The molecular formula is C28H37N5O4. The van der Waals surface area contributed by atoms with Gasteiger partial charge < -0.3 is 29.7 Å². The van der Waals surface area contributed by atoms with Crippen molar-refractivity contribution in [2.75, 3.05) is 51.8 Å². The van der Waals surface area contributed by atoms with Crippen LogP contribution < -0.4 is 14.8 Å². The van der Waals surface area contributed by atoms with Gasteiger partial charge >= 0.3 is 6.03 Å². The molecule has 0 bridgehead atoms. The number of methoxy groups -OCH3 is 1. The summed E-state index contributed by atoms with van der Waals surface area (Å²) >= 11 is 0. The maximum absolute atomic E-state index is 13.6. The summed E-state index contributed by atoms with van der Waals surface area (Å²) in [6.45, 7) is 4.74. The lowest BCUT2D eigenvalue weighted by molar-refractivity contribution is 0.203. The van der Waals surface area contributed by atoms with Crippen molar-refractivity contribution in [3.63, 3.8) is 0 Å². The number of aliphatic hydroxyl groups excluding tert-OH is 1. The summed E-state index contributed by atoms with van der Waals surface area (Å²) < 4.78 is 11.3. The number of rotatable bonds is 13. The fourth-order valence-corrected chi connectivity index (χ4v) is 4.51. The van der Waals surface area contributed by atoms with E-state index in [0.29, 0.717) is 37.6 Å². The third-order valence-electron chi connectivity index (χ3n) is 6.51. The van der Waals surface area contributed by atoms with Crippen molar-refractivity contribution in [3.05, 3.63) is 60.4 Å². The lowest BCUT2D eigenvalue weighted by atomic mass is 10.1. The van der Waals surface area contributed by atoms with Gasteiger partial charge in [0.1, 0.15) is 11.5 Å².